The van der Waals surface area contributed by atoms with Crippen LogP contribution in [0.4, 0.5) is 0 Å². The van der Waals surface area contributed by atoms with Gasteiger partial charge in [0.25, 0.3) is 0 Å². The second-order valence-electron chi connectivity index (χ2n) is 3.55. The topological polar surface area (TPSA) is 86.7 Å². The van der Waals surface area contributed by atoms with Crippen molar-refractivity contribution < 1.29 is 28.7 Å². The molecule has 0 bridgehead atoms. The molecule has 6 heteroatoms. The number of esters is 2. The minimum Gasteiger partial charge on any atom is -0.465 e. The molecule has 102 valence electrons. The Morgan fingerprint density at radius 2 is 1.33 bits per heavy atom. The van der Waals surface area contributed by atoms with Gasteiger partial charge in [-0.1, -0.05) is 0 Å². The Kier molecular flexibility index (Phi) is 8.43. The number of carbonyl (C=O) groups is 4. The third-order valence-corrected chi connectivity index (χ3v) is 2.35. The molecule has 0 aromatic carbocycles. The van der Waals surface area contributed by atoms with Gasteiger partial charge in [0.15, 0.2) is 5.92 Å². The zero-order valence-corrected chi connectivity index (χ0v) is 10.6. The van der Waals surface area contributed by atoms with Crippen LogP contribution in [0.3, 0.4) is 0 Å². The maximum atomic E-state index is 11.7. The summed E-state index contributed by atoms with van der Waals surface area (Å²) in [6.07, 6.45) is 1.00. The van der Waals surface area contributed by atoms with Crippen LogP contribution >= 0.6 is 0 Å². The number of carbonyl (C=O) groups excluding carboxylic acids is 4. The second-order valence-corrected chi connectivity index (χ2v) is 3.55. The summed E-state index contributed by atoms with van der Waals surface area (Å²) in [5, 5.41) is 0. The Morgan fingerprint density at radius 1 is 0.944 bits per heavy atom. The smallest absolute Gasteiger partial charge is 0.320 e. The van der Waals surface area contributed by atoms with Crippen molar-refractivity contribution in [3.8, 4) is 0 Å². The summed E-state index contributed by atoms with van der Waals surface area (Å²) in [7, 11) is 0. The molecule has 0 aliphatic carbocycles. The molecule has 0 spiro atoms. The molecular weight excluding hydrogens is 240 g/mol. The molecule has 0 aliphatic heterocycles. The van der Waals surface area contributed by atoms with Gasteiger partial charge in [-0.05, 0) is 19.8 Å². The zero-order valence-electron chi connectivity index (χ0n) is 10.6. The molecule has 0 unspecified atom stereocenters. The van der Waals surface area contributed by atoms with E-state index in [0.29, 0.717) is 12.6 Å². The largest absolute Gasteiger partial charge is 0.465 e. The van der Waals surface area contributed by atoms with Gasteiger partial charge in [0, 0.05) is 12.8 Å². The van der Waals surface area contributed by atoms with Gasteiger partial charge in [-0.15, -0.1) is 0 Å². The fraction of sp³-hybridized carbons (Fsp3) is 0.667. The summed E-state index contributed by atoms with van der Waals surface area (Å²) < 4.78 is 9.55. The van der Waals surface area contributed by atoms with Gasteiger partial charge in [-0.3, -0.25) is 9.59 Å². The van der Waals surface area contributed by atoms with Crippen LogP contribution in [-0.2, 0) is 28.7 Å². The lowest BCUT2D eigenvalue weighted by Gasteiger charge is -2.20. The van der Waals surface area contributed by atoms with Crippen molar-refractivity contribution in [3.05, 3.63) is 0 Å². The maximum Gasteiger partial charge on any atom is 0.320 e. The molecule has 0 amide bonds. The van der Waals surface area contributed by atoms with E-state index in [1.807, 2.05) is 0 Å². The van der Waals surface area contributed by atoms with Crippen LogP contribution in [0, 0.1) is 11.8 Å². The molecule has 0 saturated carbocycles. The third kappa shape index (κ3) is 5.07. The quantitative estimate of drug-likeness (QED) is 0.340. The second kappa shape index (κ2) is 9.32. The number of rotatable bonds is 9. The van der Waals surface area contributed by atoms with Crippen molar-refractivity contribution in [2.24, 2.45) is 11.8 Å². The molecule has 0 radical (unpaired) electrons. The monoisotopic (exact) mass is 258 g/mol. The Bertz CT molecular complexity index is 271. The summed E-state index contributed by atoms with van der Waals surface area (Å²) in [6.45, 7) is 3.44. The van der Waals surface area contributed by atoms with E-state index in [4.69, 9.17) is 9.47 Å². The van der Waals surface area contributed by atoms with Crippen LogP contribution in [0.1, 0.15) is 26.7 Å². The lowest BCUT2D eigenvalue weighted by Crippen LogP contribution is -2.35. The highest BCUT2D eigenvalue weighted by molar-refractivity contribution is 5.95. The summed E-state index contributed by atoms with van der Waals surface area (Å²) in [5.41, 5.74) is 0. The van der Waals surface area contributed by atoms with Crippen LogP contribution in [0.2, 0.25) is 0 Å². The van der Waals surface area contributed by atoms with Gasteiger partial charge in [0.2, 0.25) is 0 Å². The Morgan fingerprint density at radius 3 is 1.61 bits per heavy atom. The van der Waals surface area contributed by atoms with Crippen molar-refractivity contribution in [1.29, 1.82) is 0 Å². The van der Waals surface area contributed by atoms with E-state index in [9.17, 15) is 19.2 Å². The minimum atomic E-state index is -1.22. The van der Waals surface area contributed by atoms with Gasteiger partial charge in [-0.25, -0.2) is 0 Å². The number of aldehydes is 2. The number of hydrogen-bond acceptors (Lipinski definition) is 6. The van der Waals surface area contributed by atoms with Crippen LogP contribution in [0.25, 0.3) is 0 Å². The summed E-state index contributed by atoms with van der Waals surface area (Å²) in [6, 6.07) is 0. The van der Waals surface area contributed by atoms with Gasteiger partial charge in [-0.2, -0.15) is 0 Å². The normalized spacial score (nSPS) is 10.2. The molecule has 6 nitrogen and oxygen atoms in total. The van der Waals surface area contributed by atoms with Gasteiger partial charge < -0.3 is 19.1 Å². The van der Waals surface area contributed by atoms with Crippen molar-refractivity contribution in [2.45, 2.75) is 26.7 Å². The van der Waals surface area contributed by atoms with E-state index in [1.165, 1.54) is 0 Å². The van der Waals surface area contributed by atoms with Crippen molar-refractivity contribution in [3.63, 3.8) is 0 Å². The van der Waals surface area contributed by atoms with Crippen molar-refractivity contribution in [2.75, 3.05) is 13.2 Å². The molecule has 0 rings (SSSR count). The van der Waals surface area contributed by atoms with Crippen molar-refractivity contribution in [1.82, 2.24) is 0 Å². The first kappa shape index (κ1) is 16.3. The average molecular weight is 258 g/mol. The van der Waals surface area contributed by atoms with Crippen molar-refractivity contribution >= 4 is 24.5 Å². The Labute approximate surface area is 106 Å². The molecule has 18 heavy (non-hydrogen) atoms. The highest BCUT2D eigenvalue weighted by Crippen LogP contribution is 2.21. The predicted octanol–water partition coefficient (Wildman–Crippen LogP) is 0.523. The average Bonchev–Trinajstić information content (AvgIpc) is 2.30. The molecular formula is C12H18O6. The van der Waals surface area contributed by atoms with E-state index in [1.54, 1.807) is 13.8 Å². The number of ether oxygens (including phenoxy) is 2. The lowest BCUT2D eigenvalue weighted by molar-refractivity contribution is -0.164. The summed E-state index contributed by atoms with van der Waals surface area (Å²) in [4.78, 5) is 44.5. The summed E-state index contributed by atoms with van der Waals surface area (Å²) in [5.74, 6) is -3.45. The zero-order chi connectivity index (χ0) is 14.0. The maximum absolute atomic E-state index is 11.7. The first-order valence-electron chi connectivity index (χ1n) is 5.82. The van der Waals surface area contributed by atoms with Crippen LogP contribution in [0.5, 0.6) is 0 Å². The van der Waals surface area contributed by atoms with Crippen LogP contribution in [0.15, 0.2) is 0 Å². The van der Waals surface area contributed by atoms with E-state index in [0.717, 1.165) is 0 Å². The molecule has 0 aliphatic rings. The predicted molar refractivity (Wildman–Crippen MR) is 61.6 cm³/mol. The van der Waals surface area contributed by atoms with E-state index in [-0.39, 0.29) is 26.1 Å². The first-order chi connectivity index (χ1) is 8.62. The molecule has 0 atom stereocenters. The SMILES string of the molecule is CCOC(=O)C(C(=O)OCC)C(CC=O)CC=O. The molecule has 0 aromatic rings. The lowest BCUT2D eigenvalue weighted by atomic mass is 9.87. The van der Waals surface area contributed by atoms with Gasteiger partial charge in [0.05, 0.1) is 13.2 Å². The van der Waals surface area contributed by atoms with E-state index < -0.39 is 23.8 Å². The standard InChI is InChI=1S/C12H18O6/c1-3-17-11(15)10(12(16)18-4-2)9(5-7-13)6-8-14/h7-10H,3-6H2,1-2H3. The van der Waals surface area contributed by atoms with Crippen LogP contribution < -0.4 is 0 Å². The third-order valence-electron chi connectivity index (χ3n) is 2.35. The minimum absolute atomic E-state index is 0.0684. The fourth-order valence-corrected chi connectivity index (χ4v) is 1.56. The van der Waals surface area contributed by atoms with Gasteiger partial charge >= 0.3 is 11.9 Å². The Hall–Kier alpha value is -1.72. The molecule has 0 fully saturated rings. The summed E-state index contributed by atoms with van der Waals surface area (Å²) >= 11 is 0. The van der Waals surface area contributed by atoms with E-state index in [2.05, 4.69) is 0 Å². The first-order valence-corrected chi connectivity index (χ1v) is 5.82. The highest BCUT2D eigenvalue weighted by Gasteiger charge is 2.36. The molecule has 0 aromatic heterocycles. The molecule has 0 heterocycles. The van der Waals surface area contributed by atoms with Gasteiger partial charge in [0.1, 0.15) is 12.6 Å². The fourth-order valence-electron chi connectivity index (χ4n) is 1.56. The Balaban J connectivity index is 4.99. The van der Waals surface area contributed by atoms with Crippen LogP contribution in [-0.4, -0.2) is 37.7 Å². The molecule has 0 saturated heterocycles. The highest BCUT2D eigenvalue weighted by atomic mass is 16.6. The number of hydrogen-bond donors (Lipinski definition) is 0. The molecule has 0 N–H and O–H groups in total. The van der Waals surface area contributed by atoms with E-state index >= 15 is 0 Å².